The summed E-state index contributed by atoms with van der Waals surface area (Å²) in [7, 11) is 0. The number of nitrogens with zero attached hydrogens (tertiary/aromatic N) is 2. The first-order valence-corrected chi connectivity index (χ1v) is 7.87. The summed E-state index contributed by atoms with van der Waals surface area (Å²) in [5.41, 5.74) is 0.614. The highest BCUT2D eigenvalue weighted by Crippen LogP contribution is 2.41. The molecule has 3 nitrogen and oxygen atoms in total. The number of halogens is 4. The van der Waals surface area contributed by atoms with Crippen molar-refractivity contribution in [1.82, 2.24) is 9.97 Å². The summed E-state index contributed by atoms with van der Waals surface area (Å²) >= 11 is 15.1. The Balaban J connectivity index is 1.99. The lowest BCUT2D eigenvalue weighted by atomic mass is 10.3. The third-order valence-electron chi connectivity index (χ3n) is 3.18. The first kappa shape index (κ1) is 15.0. The largest absolute Gasteiger partial charge is 0.437 e. The number of aromatic nitrogens is 2. The first-order chi connectivity index (χ1) is 9.95. The molecule has 1 aliphatic rings. The van der Waals surface area contributed by atoms with Crippen LogP contribution in [0.3, 0.4) is 0 Å². The van der Waals surface area contributed by atoms with Crippen molar-refractivity contribution in [2.45, 2.75) is 25.7 Å². The van der Waals surface area contributed by atoms with E-state index in [1.165, 1.54) is 12.1 Å². The zero-order chi connectivity index (χ0) is 15.1. The van der Waals surface area contributed by atoms with Crippen molar-refractivity contribution in [3.8, 4) is 11.6 Å². The van der Waals surface area contributed by atoms with E-state index in [0.29, 0.717) is 32.8 Å². The number of benzene rings is 1. The molecule has 0 saturated heterocycles. The fourth-order valence-corrected chi connectivity index (χ4v) is 2.68. The van der Waals surface area contributed by atoms with Crippen molar-refractivity contribution in [2.75, 3.05) is 0 Å². The molecule has 3 rings (SSSR count). The van der Waals surface area contributed by atoms with Gasteiger partial charge in [-0.15, -0.1) is 0 Å². The van der Waals surface area contributed by atoms with Gasteiger partial charge in [0, 0.05) is 17.5 Å². The van der Waals surface area contributed by atoms with E-state index in [1.807, 2.05) is 0 Å². The fraction of sp³-hybridized carbons (Fsp3) is 0.286. The summed E-state index contributed by atoms with van der Waals surface area (Å²) in [6, 6.07) is 2.64. The van der Waals surface area contributed by atoms with E-state index in [0.717, 1.165) is 12.8 Å². The minimum Gasteiger partial charge on any atom is -0.437 e. The molecule has 0 amide bonds. The Morgan fingerprint density at radius 3 is 2.67 bits per heavy atom. The van der Waals surface area contributed by atoms with Gasteiger partial charge in [-0.1, -0.05) is 23.2 Å². The highest BCUT2D eigenvalue weighted by molar-refractivity contribution is 9.10. The molecule has 1 heterocycles. The average Bonchev–Trinajstić information content (AvgIpc) is 3.25. The van der Waals surface area contributed by atoms with E-state index >= 15 is 0 Å². The van der Waals surface area contributed by atoms with Gasteiger partial charge in [0.05, 0.1) is 9.50 Å². The number of rotatable bonds is 3. The number of ether oxygens (including phenoxy) is 1. The first-order valence-electron chi connectivity index (χ1n) is 6.32. The van der Waals surface area contributed by atoms with E-state index < -0.39 is 5.82 Å². The molecule has 1 aromatic carbocycles. The van der Waals surface area contributed by atoms with Crippen molar-refractivity contribution < 1.29 is 9.13 Å². The van der Waals surface area contributed by atoms with Crippen LogP contribution in [0.1, 0.15) is 30.1 Å². The normalized spacial score (nSPS) is 14.3. The van der Waals surface area contributed by atoms with Crippen LogP contribution in [0.25, 0.3) is 0 Å². The van der Waals surface area contributed by atoms with Gasteiger partial charge in [0.15, 0.2) is 0 Å². The predicted molar refractivity (Wildman–Crippen MR) is 82.9 cm³/mol. The van der Waals surface area contributed by atoms with Gasteiger partial charge >= 0.3 is 0 Å². The molecule has 7 heteroatoms. The molecule has 21 heavy (non-hydrogen) atoms. The average molecular weight is 392 g/mol. The highest BCUT2D eigenvalue weighted by atomic mass is 79.9. The second-order valence-corrected chi connectivity index (χ2v) is 6.50. The van der Waals surface area contributed by atoms with Gasteiger partial charge in [0.25, 0.3) is 0 Å². The molecule has 1 saturated carbocycles. The van der Waals surface area contributed by atoms with E-state index in [2.05, 4.69) is 25.9 Å². The van der Waals surface area contributed by atoms with E-state index in [9.17, 15) is 4.39 Å². The Hall–Kier alpha value is -0.910. The molecule has 0 N–H and O–H groups in total. The second kappa shape index (κ2) is 5.71. The smallest absolute Gasteiger partial charge is 0.227 e. The maximum atomic E-state index is 13.6. The SMILES string of the molecule is Cc1c(Cl)nc(C2CC2)nc1Oc1cc(F)c(Cl)cc1Br. The molecular formula is C14H10BrCl2FN2O. The minimum absolute atomic E-state index is 0.0188. The van der Waals surface area contributed by atoms with Gasteiger partial charge < -0.3 is 4.74 Å². The Morgan fingerprint density at radius 2 is 2.00 bits per heavy atom. The quantitative estimate of drug-likeness (QED) is 0.499. The van der Waals surface area contributed by atoms with Gasteiger partial charge in [-0.3, -0.25) is 0 Å². The lowest BCUT2D eigenvalue weighted by molar-refractivity contribution is 0.447. The third-order valence-corrected chi connectivity index (χ3v) is 4.46. The van der Waals surface area contributed by atoms with E-state index in [1.54, 1.807) is 6.92 Å². The van der Waals surface area contributed by atoms with Crippen LogP contribution in [0.4, 0.5) is 4.39 Å². The fourth-order valence-electron chi connectivity index (χ4n) is 1.80. The van der Waals surface area contributed by atoms with Gasteiger partial charge in [0.2, 0.25) is 5.88 Å². The van der Waals surface area contributed by atoms with Crippen molar-refractivity contribution in [2.24, 2.45) is 0 Å². The third kappa shape index (κ3) is 3.15. The predicted octanol–water partition coefficient (Wildman–Crippen LogP) is 5.66. The van der Waals surface area contributed by atoms with Crippen LogP contribution in [0.2, 0.25) is 10.2 Å². The summed E-state index contributed by atoms with van der Waals surface area (Å²) in [5.74, 6) is 1.08. The molecule has 2 aromatic rings. The highest BCUT2D eigenvalue weighted by Gasteiger charge is 2.28. The van der Waals surface area contributed by atoms with Gasteiger partial charge in [-0.05, 0) is 41.8 Å². The number of hydrogen-bond donors (Lipinski definition) is 0. The van der Waals surface area contributed by atoms with Crippen molar-refractivity contribution in [1.29, 1.82) is 0 Å². The summed E-state index contributed by atoms with van der Waals surface area (Å²) in [6.45, 7) is 1.76. The maximum Gasteiger partial charge on any atom is 0.227 e. The van der Waals surface area contributed by atoms with Crippen LogP contribution in [0, 0.1) is 12.7 Å². The minimum atomic E-state index is -0.560. The molecule has 0 bridgehead atoms. The Kier molecular flexibility index (Phi) is 4.08. The Bertz CT molecular complexity index is 723. The topological polar surface area (TPSA) is 35.0 Å². The van der Waals surface area contributed by atoms with Crippen molar-refractivity contribution in [3.05, 3.63) is 44.0 Å². The van der Waals surface area contributed by atoms with Crippen molar-refractivity contribution in [3.63, 3.8) is 0 Å². The summed E-state index contributed by atoms with van der Waals surface area (Å²) in [6.07, 6.45) is 2.11. The van der Waals surface area contributed by atoms with Crippen molar-refractivity contribution >= 4 is 39.1 Å². The molecule has 0 spiro atoms. The molecular weight excluding hydrogens is 382 g/mol. The number of hydrogen-bond acceptors (Lipinski definition) is 3. The zero-order valence-electron chi connectivity index (χ0n) is 11.0. The molecule has 0 unspecified atom stereocenters. The van der Waals surface area contributed by atoms with E-state index in [4.69, 9.17) is 27.9 Å². The maximum absolute atomic E-state index is 13.6. The van der Waals surface area contributed by atoms with Gasteiger partial charge in [-0.2, -0.15) is 4.98 Å². The second-order valence-electron chi connectivity index (χ2n) is 4.88. The van der Waals surface area contributed by atoms with Crippen LogP contribution < -0.4 is 4.74 Å². The summed E-state index contributed by atoms with van der Waals surface area (Å²) < 4.78 is 19.8. The van der Waals surface area contributed by atoms with Crippen LogP contribution in [-0.4, -0.2) is 9.97 Å². The standard InChI is InChI=1S/C14H10BrCl2FN2O/c1-6-12(17)19-13(7-2-3-7)20-14(6)21-11-5-10(18)9(16)4-8(11)15/h4-5,7H,2-3H2,1H3. The molecule has 1 fully saturated rings. The monoisotopic (exact) mass is 390 g/mol. The van der Waals surface area contributed by atoms with Gasteiger partial charge in [-0.25, -0.2) is 9.37 Å². The van der Waals surface area contributed by atoms with E-state index in [-0.39, 0.29) is 10.8 Å². The van der Waals surface area contributed by atoms with Crippen LogP contribution >= 0.6 is 39.1 Å². The summed E-state index contributed by atoms with van der Waals surface area (Å²) in [4.78, 5) is 8.65. The summed E-state index contributed by atoms with van der Waals surface area (Å²) in [5, 5.41) is 0.373. The lowest BCUT2D eigenvalue weighted by Crippen LogP contribution is -2.00. The molecule has 0 radical (unpaired) electrons. The molecule has 1 aliphatic carbocycles. The Morgan fingerprint density at radius 1 is 1.29 bits per heavy atom. The molecule has 0 atom stereocenters. The van der Waals surface area contributed by atoms with Crippen LogP contribution in [0.15, 0.2) is 16.6 Å². The molecule has 0 aliphatic heterocycles. The van der Waals surface area contributed by atoms with Gasteiger partial charge in [0.1, 0.15) is 22.5 Å². The lowest BCUT2D eigenvalue weighted by Gasteiger charge is -2.12. The molecule has 1 aromatic heterocycles. The van der Waals surface area contributed by atoms with Crippen LogP contribution in [0.5, 0.6) is 11.6 Å². The molecule has 110 valence electrons. The zero-order valence-corrected chi connectivity index (χ0v) is 14.1. The van der Waals surface area contributed by atoms with Crippen LogP contribution in [-0.2, 0) is 0 Å². The Labute approximate surface area is 139 Å².